The van der Waals surface area contributed by atoms with Crippen LogP contribution in [-0.2, 0) is 4.79 Å². The molecular formula is C10H8Cl3NO. The van der Waals surface area contributed by atoms with Gasteiger partial charge in [0.2, 0.25) is 5.91 Å². The van der Waals surface area contributed by atoms with E-state index in [0.717, 1.165) is 0 Å². The van der Waals surface area contributed by atoms with Crippen molar-refractivity contribution in [3.8, 4) is 0 Å². The number of rotatable bonds is 2. The predicted octanol–water partition coefficient (Wildman–Crippen LogP) is 3.47. The van der Waals surface area contributed by atoms with Gasteiger partial charge >= 0.3 is 0 Å². The molecule has 0 saturated heterocycles. The molecule has 1 amide bonds. The SMILES string of the molecule is O=C(Nc1ccc(Cl)cc1)C1CC1(Cl)Cl. The largest absolute Gasteiger partial charge is 0.326 e. The Hall–Kier alpha value is -0.440. The maximum atomic E-state index is 11.6. The van der Waals surface area contributed by atoms with Crippen molar-refractivity contribution in [1.29, 1.82) is 0 Å². The molecule has 1 aliphatic rings. The number of nitrogens with one attached hydrogen (secondary N) is 1. The molecule has 1 aliphatic carbocycles. The van der Waals surface area contributed by atoms with Crippen molar-refractivity contribution >= 4 is 46.4 Å². The van der Waals surface area contributed by atoms with Crippen LogP contribution in [0.3, 0.4) is 0 Å². The molecule has 80 valence electrons. The lowest BCUT2D eigenvalue weighted by molar-refractivity contribution is -0.117. The summed E-state index contributed by atoms with van der Waals surface area (Å²) in [4.78, 5) is 11.6. The van der Waals surface area contributed by atoms with Gasteiger partial charge in [-0.1, -0.05) is 11.6 Å². The van der Waals surface area contributed by atoms with Crippen molar-refractivity contribution in [3.63, 3.8) is 0 Å². The van der Waals surface area contributed by atoms with Crippen LogP contribution in [0.2, 0.25) is 5.02 Å². The van der Waals surface area contributed by atoms with Crippen LogP contribution in [0, 0.1) is 5.92 Å². The van der Waals surface area contributed by atoms with Crippen LogP contribution in [0.4, 0.5) is 5.69 Å². The average Bonchev–Trinajstić information content (AvgIpc) is 2.79. The number of hydrogen-bond acceptors (Lipinski definition) is 1. The third kappa shape index (κ3) is 2.57. The molecule has 1 aromatic carbocycles. The van der Waals surface area contributed by atoms with Crippen LogP contribution < -0.4 is 5.32 Å². The number of benzene rings is 1. The minimum absolute atomic E-state index is 0.151. The first-order chi connectivity index (χ1) is 6.99. The van der Waals surface area contributed by atoms with Crippen LogP contribution in [0.25, 0.3) is 0 Å². The van der Waals surface area contributed by atoms with Gasteiger partial charge in [-0.25, -0.2) is 0 Å². The molecule has 2 rings (SSSR count). The van der Waals surface area contributed by atoms with E-state index in [1.807, 2.05) is 0 Å². The predicted molar refractivity (Wildman–Crippen MR) is 62.6 cm³/mol. The summed E-state index contributed by atoms with van der Waals surface area (Å²) in [6.07, 6.45) is 0.509. The number of hydrogen-bond donors (Lipinski definition) is 1. The third-order valence-corrected chi connectivity index (χ3v) is 3.34. The molecule has 1 aromatic rings. The lowest BCUT2D eigenvalue weighted by Gasteiger charge is -2.04. The summed E-state index contributed by atoms with van der Waals surface area (Å²) in [5.74, 6) is -0.459. The average molecular weight is 265 g/mol. The molecule has 0 bridgehead atoms. The number of anilines is 1. The summed E-state index contributed by atoms with van der Waals surface area (Å²) in [7, 11) is 0. The first kappa shape index (κ1) is 11.1. The Labute approximate surface area is 103 Å². The van der Waals surface area contributed by atoms with E-state index in [0.29, 0.717) is 17.1 Å². The van der Waals surface area contributed by atoms with Crippen molar-refractivity contribution in [2.45, 2.75) is 10.8 Å². The Morgan fingerprint density at radius 3 is 2.33 bits per heavy atom. The van der Waals surface area contributed by atoms with E-state index in [-0.39, 0.29) is 11.8 Å². The molecular weight excluding hydrogens is 256 g/mol. The first-order valence-corrected chi connectivity index (χ1v) is 5.57. The quantitative estimate of drug-likeness (QED) is 0.814. The molecule has 15 heavy (non-hydrogen) atoms. The lowest BCUT2D eigenvalue weighted by atomic mass is 10.3. The van der Waals surface area contributed by atoms with Gasteiger partial charge < -0.3 is 5.32 Å². The summed E-state index contributed by atoms with van der Waals surface area (Å²) >= 11 is 17.3. The topological polar surface area (TPSA) is 29.1 Å². The molecule has 1 atom stereocenters. The summed E-state index contributed by atoms with van der Waals surface area (Å²) in [5.41, 5.74) is 0.695. The fraction of sp³-hybridized carbons (Fsp3) is 0.300. The standard InChI is InChI=1S/C10H8Cl3NO/c11-6-1-3-7(4-2-6)14-9(15)8-5-10(8,12)13/h1-4,8H,5H2,(H,14,15). The van der Waals surface area contributed by atoms with E-state index >= 15 is 0 Å². The number of carbonyl (C=O) groups is 1. The highest BCUT2D eigenvalue weighted by molar-refractivity contribution is 6.52. The van der Waals surface area contributed by atoms with Crippen molar-refractivity contribution in [3.05, 3.63) is 29.3 Å². The van der Waals surface area contributed by atoms with Gasteiger partial charge in [-0.05, 0) is 30.7 Å². The summed E-state index contributed by atoms with van der Waals surface area (Å²) in [6, 6.07) is 6.87. The van der Waals surface area contributed by atoms with Gasteiger partial charge in [-0.15, -0.1) is 23.2 Å². The zero-order valence-electron chi connectivity index (χ0n) is 7.64. The molecule has 1 unspecified atom stereocenters. The van der Waals surface area contributed by atoms with E-state index in [4.69, 9.17) is 34.8 Å². The van der Waals surface area contributed by atoms with Crippen LogP contribution in [0.1, 0.15) is 6.42 Å². The monoisotopic (exact) mass is 263 g/mol. The molecule has 0 heterocycles. The van der Waals surface area contributed by atoms with Crippen molar-refractivity contribution in [2.75, 3.05) is 5.32 Å². The van der Waals surface area contributed by atoms with Gasteiger partial charge in [0.15, 0.2) is 0 Å². The normalized spacial score (nSPS) is 22.2. The highest BCUT2D eigenvalue weighted by Crippen LogP contribution is 2.53. The Morgan fingerprint density at radius 2 is 1.87 bits per heavy atom. The Morgan fingerprint density at radius 1 is 1.33 bits per heavy atom. The zero-order chi connectivity index (χ0) is 11.1. The van der Waals surface area contributed by atoms with Gasteiger partial charge in [-0.3, -0.25) is 4.79 Å². The van der Waals surface area contributed by atoms with Gasteiger partial charge in [0.25, 0.3) is 0 Å². The fourth-order valence-electron chi connectivity index (χ4n) is 1.26. The van der Waals surface area contributed by atoms with Gasteiger partial charge in [0.05, 0.1) is 5.92 Å². The number of alkyl halides is 2. The van der Waals surface area contributed by atoms with Gasteiger partial charge in [0.1, 0.15) is 4.33 Å². The Bertz CT molecular complexity index is 388. The zero-order valence-corrected chi connectivity index (χ0v) is 9.90. The number of halogens is 3. The summed E-state index contributed by atoms with van der Waals surface area (Å²) in [5, 5.41) is 3.35. The smallest absolute Gasteiger partial charge is 0.230 e. The second-order valence-electron chi connectivity index (χ2n) is 3.51. The fourth-order valence-corrected chi connectivity index (χ4v) is 1.89. The molecule has 1 saturated carbocycles. The van der Waals surface area contributed by atoms with E-state index in [2.05, 4.69) is 5.32 Å². The van der Waals surface area contributed by atoms with Crippen molar-refractivity contribution in [1.82, 2.24) is 0 Å². The van der Waals surface area contributed by atoms with Crippen molar-refractivity contribution in [2.24, 2.45) is 5.92 Å². The molecule has 1 N–H and O–H groups in total. The highest BCUT2D eigenvalue weighted by Gasteiger charge is 2.56. The van der Waals surface area contributed by atoms with E-state index in [1.165, 1.54) is 0 Å². The van der Waals surface area contributed by atoms with Crippen LogP contribution >= 0.6 is 34.8 Å². The second kappa shape index (κ2) is 3.85. The Balaban J connectivity index is 1.98. The van der Waals surface area contributed by atoms with Gasteiger partial charge in [-0.2, -0.15) is 0 Å². The van der Waals surface area contributed by atoms with Gasteiger partial charge in [0, 0.05) is 10.7 Å². The van der Waals surface area contributed by atoms with E-state index in [1.54, 1.807) is 24.3 Å². The summed E-state index contributed by atoms with van der Waals surface area (Å²) < 4.78 is -0.878. The molecule has 1 fully saturated rings. The Kier molecular flexibility index (Phi) is 2.84. The van der Waals surface area contributed by atoms with E-state index in [9.17, 15) is 4.79 Å². The molecule has 0 aromatic heterocycles. The number of amides is 1. The highest BCUT2D eigenvalue weighted by atomic mass is 35.5. The molecule has 5 heteroatoms. The molecule has 2 nitrogen and oxygen atoms in total. The number of carbonyl (C=O) groups excluding carboxylic acids is 1. The van der Waals surface area contributed by atoms with E-state index < -0.39 is 4.33 Å². The molecule has 0 aliphatic heterocycles. The maximum absolute atomic E-state index is 11.6. The van der Waals surface area contributed by atoms with Crippen LogP contribution in [0.5, 0.6) is 0 Å². The van der Waals surface area contributed by atoms with Crippen molar-refractivity contribution < 1.29 is 4.79 Å². The molecule has 0 radical (unpaired) electrons. The van der Waals surface area contributed by atoms with Crippen LogP contribution in [0.15, 0.2) is 24.3 Å². The maximum Gasteiger partial charge on any atom is 0.230 e. The lowest BCUT2D eigenvalue weighted by Crippen LogP contribution is -2.16. The second-order valence-corrected chi connectivity index (χ2v) is 5.49. The minimum Gasteiger partial charge on any atom is -0.326 e. The molecule has 0 spiro atoms. The first-order valence-electron chi connectivity index (χ1n) is 4.43. The van der Waals surface area contributed by atoms with Crippen LogP contribution in [-0.4, -0.2) is 10.2 Å². The third-order valence-electron chi connectivity index (χ3n) is 2.25. The minimum atomic E-state index is -0.878. The summed E-state index contributed by atoms with van der Waals surface area (Å²) in [6.45, 7) is 0.